The maximum Gasteiger partial charge on any atom is 0.243 e. The monoisotopic (exact) mass is 330 g/mol. The van der Waals surface area contributed by atoms with Crippen LogP contribution >= 0.6 is 0 Å². The van der Waals surface area contributed by atoms with Gasteiger partial charge in [-0.05, 0) is 43.2 Å². The first-order chi connectivity index (χ1) is 11.0. The molecule has 0 amide bonds. The summed E-state index contributed by atoms with van der Waals surface area (Å²) in [5.41, 5.74) is 3.75. The van der Waals surface area contributed by atoms with Crippen LogP contribution in [0.3, 0.4) is 0 Å². The second-order valence-electron chi connectivity index (χ2n) is 5.92. The summed E-state index contributed by atoms with van der Waals surface area (Å²) in [7, 11) is -3.38. The Bertz CT molecular complexity index is 780. The highest BCUT2D eigenvalue weighted by atomic mass is 32.2. The Morgan fingerprint density at radius 1 is 0.826 bits per heavy atom. The second-order valence-corrected chi connectivity index (χ2v) is 7.86. The average molecular weight is 330 g/mol. The van der Waals surface area contributed by atoms with E-state index in [0.29, 0.717) is 18.0 Å². The topological polar surface area (TPSA) is 40.6 Å². The first-order valence-corrected chi connectivity index (χ1v) is 9.30. The van der Waals surface area contributed by atoms with Gasteiger partial charge in [-0.3, -0.25) is 0 Å². The molecule has 1 saturated heterocycles. The molecule has 0 radical (unpaired) electrons. The average Bonchev–Trinajstić information content (AvgIpc) is 2.58. The van der Waals surface area contributed by atoms with E-state index in [1.54, 1.807) is 28.6 Å². The van der Waals surface area contributed by atoms with Crippen molar-refractivity contribution in [3.63, 3.8) is 0 Å². The van der Waals surface area contributed by atoms with Crippen LogP contribution in [0.2, 0.25) is 0 Å². The van der Waals surface area contributed by atoms with E-state index >= 15 is 0 Å². The van der Waals surface area contributed by atoms with Crippen LogP contribution in [0.4, 0.5) is 5.69 Å². The van der Waals surface area contributed by atoms with Crippen LogP contribution in [0, 0.1) is 13.8 Å². The van der Waals surface area contributed by atoms with Gasteiger partial charge in [-0.15, -0.1) is 0 Å². The smallest absolute Gasteiger partial charge is 0.243 e. The van der Waals surface area contributed by atoms with Crippen molar-refractivity contribution in [1.29, 1.82) is 0 Å². The number of hydrogen-bond acceptors (Lipinski definition) is 3. The number of anilines is 1. The Morgan fingerprint density at radius 2 is 1.48 bits per heavy atom. The maximum atomic E-state index is 12.7. The Balaban J connectivity index is 1.75. The van der Waals surface area contributed by atoms with Crippen molar-refractivity contribution >= 4 is 15.7 Å². The lowest BCUT2D eigenvalue weighted by Gasteiger charge is -2.36. The number of hydrogen-bond donors (Lipinski definition) is 0. The van der Waals surface area contributed by atoms with E-state index in [9.17, 15) is 8.42 Å². The summed E-state index contributed by atoms with van der Waals surface area (Å²) in [6.45, 7) is 6.70. The first kappa shape index (κ1) is 16.0. The second kappa shape index (κ2) is 6.34. The Labute approximate surface area is 138 Å². The third kappa shape index (κ3) is 3.12. The summed E-state index contributed by atoms with van der Waals surface area (Å²) in [6, 6.07) is 15.0. The van der Waals surface area contributed by atoms with Gasteiger partial charge >= 0.3 is 0 Å². The molecule has 0 aliphatic carbocycles. The zero-order valence-corrected chi connectivity index (χ0v) is 14.4. The predicted molar refractivity (Wildman–Crippen MR) is 93.3 cm³/mol. The summed E-state index contributed by atoms with van der Waals surface area (Å²) in [6.07, 6.45) is 0. The number of aryl methyl sites for hydroxylation is 1. The third-order valence-electron chi connectivity index (χ3n) is 4.54. The molecule has 0 bridgehead atoms. The largest absolute Gasteiger partial charge is 0.369 e. The summed E-state index contributed by atoms with van der Waals surface area (Å²) >= 11 is 0. The molecule has 1 fully saturated rings. The fourth-order valence-electron chi connectivity index (χ4n) is 2.99. The highest BCUT2D eigenvalue weighted by Crippen LogP contribution is 2.25. The van der Waals surface area contributed by atoms with Gasteiger partial charge in [-0.1, -0.05) is 30.3 Å². The van der Waals surface area contributed by atoms with E-state index < -0.39 is 10.0 Å². The predicted octanol–water partition coefficient (Wildman–Crippen LogP) is 2.81. The summed E-state index contributed by atoms with van der Waals surface area (Å²) in [5.74, 6) is 0. The normalized spacial score (nSPS) is 16.5. The number of benzene rings is 2. The van der Waals surface area contributed by atoms with E-state index in [2.05, 4.69) is 36.9 Å². The van der Waals surface area contributed by atoms with Gasteiger partial charge in [0.1, 0.15) is 0 Å². The van der Waals surface area contributed by atoms with Gasteiger partial charge in [-0.25, -0.2) is 8.42 Å². The molecule has 23 heavy (non-hydrogen) atoms. The van der Waals surface area contributed by atoms with Crippen molar-refractivity contribution < 1.29 is 8.42 Å². The first-order valence-electron chi connectivity index (χ1n) is 7.86. The number of piperazine rings is 1. The van der Waals surface area contributed by atoms with Crippen LogP contribution in [-0.2, 0) is 10.0 Å². The van der Waals surface area contributed by atoms with Gasteiger partial charge in [0.2, 0.25) is 10.0 Å². The van der Waals surface area contributed by atoms with Crippen LogP contribution in [0.5, 0.6) is 0 Å². The Hall–Kier alpha value is -1.85. The number of nitrogens with zero attached hydrogens (tertiary/aromatic N) is 2. The number of rotatable bonds is 3. The fraction of sp³-hybridized carbons (Fsp3) is 0.333. The summed E-state index contributed by atoms with van der Waals surface area (Å²) in [4.78, 5) is 2.65. The van der Waals surface area contributed by atoms with E-state index in [1.165, 1.54) is 16.8 Å². The van der Waals surface area contributed by atoms with Crippen LogP contribution in [0.1, 0.15) is 11.1 Å². The SMILES string of the molecule is Cc1cccc(N2CCN(S(=O)(=O)c3ccccc3)CC2)c1C. The lowest BCUT2D eigenvalue weighted by atomic mass is 10.1. The molecule has 5 heteroatoms. The molecule has 0 aromatic heterocycles. The van der Waals surface area contributed by atoms with Gasteiger partial charge in [0.15, 0.2) is 0 Å². The number of sulfonamides is 1. The van der Waals surface area contributed by atoms with Crippen LogP contribution < -0.4 is 4.90 Å². The zero-order valence-electron chi connectivity index (χ0n) is 13.6. The minimum Gasteiger partial charge on any atom is -0.369 e. The molecule has 4 nitrogen and oxygen atoms in total. The Kier molecular flexibility index (Phi) is 4.41. The molecule has 1 aliphatic heterocycles. The Morgan fingerprint density at radius 3 is 2.13 bits per heavy atom. The van der Waals surface area contributed by atoms with Crippen LogP contribution in [0.15, 0.2) is 53.4 Å². The van der Waals surface area contributed by atoms with Crippen molar-refractivity contribution in [2.45, 2.75) is 18.7 Å². The van der Waals surface area contributed by atoms with E-state index in [1.807, 2.05) is 6.07 Å². The molecule has 1 aliphatic rings. The third-order valence-corrected chi connectivity index (χ3v) is 6.45. The van der Waals surface area contributed by atoms with E-state index in [-0.39, 0.29) is 0 Å². The molecular formula is C18H22N2O2S. The van der Waals surface area contributed by atoms with Crippen molar-refractivity contribution in [3.05, 3.63) is 59.7 Å². The molecule has 0 saturated carbocycles. The quantitative estimate of drug-likeness (QED) is 0.869. The molecular weight excluding hydrogens is 308 g/mol. The molecule has 2 aromatic carbocycles. The van der Waals surface area contributed by atoms with Crippen molar-refractivity contribution in [2.75, 3.05) is 31.1 Å². The van der Waals surface area contributed by atoms with Gasteiger partial charge in [0.25, 0.3) is 0 Å². The molecule has 122 valence electrons. The molecule has 2 aromatic rings. The van der Waals surface area contributed by atoms with Gasteiger partial charge in [0.05, 0.1) is 4.90 Å². The molecule has 0 unspecified atom stereocenters. The highest BCUT2D eigenvalue weighted by molar-refractivity contribution is 7.89. The lowest BCUT2D eigenvalue weighted by Crippen LogP contribution is -2.48. The molecule has 1 heterocycles. The molecule has 3 rings (SSSR count). The van der Waals surface area contributed by atoms with Crippen LogP contribution in [0.25, 0.3) is 0 Å². The van der Waals surface area contributed by atoms with Gasteiger partial charge in [0, 0.05) is 31.9 Å². The van der Waals surface area contributed by atoms with E-state index in [0.717, 1.165) is 13.1 Å². The van der Waals surface area contributed by atoms with Crippen molar-refractivity contribution in [2.24, 2.45) is 0 Å². The minimum absolute atomic E-state index is 0.375. The summed E-state index contributed by atoms with van der Waals surface area (Å²) < 4.78 is 26.9. The van der Waals surface area contributed by atoms with Gasteiger partial charge < -0.3 is 4.90 Å². The summed E-state index contributed by atoms with van der Waals surface area (Å²) in [5, 5.41) is 0. The minimum atomic E-state index is -3.38. The standard InChI is InChI=1S/C18H22N2O2S/c1-15-7-6-10-18(16(15)2)19-11-13-20(14-12-19)23(21,22)17-8-4-3-5-9-17/h3-10H,11-14H2,1-2H3. The van der Waals surface area contributed by atoms with E-state index in [4.69, 9.17) is 0 Å². The molecule has 0 N–H and O–H groups in total. The highest BCUT2D eigenvalue weighted by Gasteiger charge is 2.28. The molecule has 0 spiro atoms. The van der Waals surface area contributed by atoms with Crippen molar-refractivity contribution in [1.82, 2.24) is 4.31 Å². The zero-order chi connectivity index (χ0) is 16.4. The van der Waals surface area contributed by atoms with Gasteiger partial charge in [-0.2, -0.15) is 4.31 Å². The fourth-order valence-corrected chi connectivity index (χ4v) is 4.43. The lowest BCUT2D eigenvalue weighted by molar-refractivity contribution is 0.384. The molecule has 0 atom stereocenters. The maximum absolute atomic E-state index is 12.7. The van der Waals surface area contributed by atoms with Crippen LogP contribution in [-0.4, -0.2) is 38.9 Å². The van der Waals surface area contributed by atoms with Crippen molar-refractivity contribution in [3.8, 4) is 0 Å².